The molecule has 0 amide bonds. The summed E-state index contributed by atoms with van der Waals surface area (Å²) in [7, 11) is 0. The Hall–Kier alpha value is -0.0800. The van der Waals surface area contributed by atoms with E-state index in [4.69, 9.17) is 0 Å². The second kappa shape index (κ2) is 2.24. The van der Waals surface area contributed by atoms with Crippen LogP contribution < -0.4 is 0 Å². The van der Waals surface area contributed by atoms with Crippen molar-refractivity contribution in [3.8, 4) is 0 Å². The highest BCUT2D eigenvalue weighted by Gasteiger charge is 2.50. The molecule has 0 aromatic heterocycles. The average Bonchev–Trinajstić information content (AvgIpc) is 2.57. The standard InChI is InChI=1S/C10H17NO/c12-9-5-8(6-9)11-4-3-10(7-11)1-2-10/h8-9,12H,1-7H2. The van der Waals surface area contributed by atoms with E-state index < -0.39 is 0 Å². The molecule has 1 N–H and O–H groups in total. The molecule has 68 valence electrons. The largest absolute Gasteiger partial charge is 0.393 e. The second-order valence-corrected chi connectivity index (χ2v) is 5.00. The van der Waals surface area contributed by atoms with Crippen LogP contribution in [0.3, 0.4) is 0 Å². The number of aliphatic hydroxyl groups is 1. The third kappa shape index (κ3) is 1.01. The topological polar surface area (TPSA) is 23.5 Å². The summed E-state index contributed by atoms with van der Waals surface area (Å²) in [6.45, 7) is 2.64. The van der Waals surface area contributed by atoms with Gasteiger partial charge in [-0.3, -0.25) is 4.90 Å². The summed E-state index contributed by atoms with van der Waals surface area (Å²) < 4.78 is 0. The first kappa shape index (κ1) is 7.34. The van der Waals surface area contributed by atoms with E-state index in [-0.39, 0.29) is 6.10 Å². The molecule has 0 bridgehead atoms. The molecule has 1 spiro atoms. The highest BCUT2D eigenvalue weighted by molar-refractivity contribution is 5.03. The quantitative estimate of drug-likeness (QED) is 0.629. The molecular weight excluding hydrogens is 150 g/mol. The Balaban J connectivity index is 1.58. The van der Waals surface area contributed by atoms with Gasteiger partial charge in [0.2, 0.25) is 0 Å². The zero-order chi connectivity index (χ0) is 8.18. The second-order valence-electron chi connectivity index (χ2n) is 5.00. The molecule has 0 atom stereocenters. The van der Waals surface area contributed by atoms with E-state index in [9.17, 15) is 5.11 Å². The summed E-state index contributed by atoms with van der Waals surface area (Å²) in [5, 5.41) is 9.20. The van der Waals surface area contributed by atoms with Crippen LogP contribution in [0, 0.1) is 5.41 Å². The van der Waals surface area contributed by atoms with Gasteiger partial charge in [-0.2, -0.15) is 0 Å². The van der Waals surface area contributed by atoms with Crippen LogP contribution in [0.1, 0.15) is 32.1 Å². The minimum atomic E-state index is 0.0192. The van der Waals surface area contributed by atoms with Crippen molar-refractivity contribution in [1.82, 2.24) is 4.90 Å². The molecule has 0 aromatic rings. The lowest BCUT2D eigenvalue weighted by Crippen LogP contribution is -2.46. The molecule has 2 saturated carbocycles. The van der Waals surface area contributed by atoms with Gasteiger partial charge in [0.1, 0.15) is 0 Å². The van der Waals surface area contributed by atoms with E-state index in [0.717, 1.165) is 24.3 Å². The minimum absolute atomic E-state index is 0.0192. The average molecular weight is 167 g/mol. The van der Waals surface area contributed by atoms with Gasteiger partial charge in [0.05, 0.1) is 6.10 Å². The van der Waals surface area contributed by atoms with Crippen molar-refractivity contribution in [1.29, 1.82) is 0 Å². The lowest BCUT2D eigenvalue weighted by molar-refractivity contribution is 0.00941. The normalized spacial score (nSPS) is 44.8. The van der Waals surface area contributed by atoms with Crippen molar-refractivity contribution >= 4 is 0 Å². The summed E-state index contributed by atoms with van der Waals surface area (Å²) in [6.07, 6.45) is 6.47. The first-order valence-electron chi connectivity index (χ1n) is 5.20. The van der Waals surface area contributed by atoms with Gasteiger partial charge >= 0.3 is 0 Å². The maximum Gasteiger partial charge on any atom is 0.0570 e. The predicted octanol–water partition coefficient (Wildman–Crippen LogP) is 0.996. The predicted molar refractivity (Wildman–Crippen MR) is 46.9 cm³/mol. The maximum atomic E-state index is 9.20. The van der Waals surface area contributed by atoms with Crippen molar-refractivity contribution in [3.63, 3.8) is 0 Å². The molecule has 1 heterocycles. The fourth-order valence-corrected chi connectivity index (χ4v) is 2.72. The van der Waals surface area contributed by atoms with Gasteiger partial charge in [-0.1, -0.05) is 0 Å². The van der Waals surface area contributed by atoms with E-state index in [1.54, 1.807) is 0 Å². The summed E-state index contributed by atoms with van der Waals surface area (Å²) in [6, 6.07) is 0.736. The van der Waals surface area contributed by atoms with Crippen LogP contribution in [0.4, 0.5) is 0 Å². The SMILES string of the molecule is OC1CC(N2CCC3(CC3)C2)C1. The van der Waals surface area contributed by atoms with Crippen molar-refractivity contribution in [2.45, 2.75) is 44.2 Å². The Morgan fingerprint density at radius 1 is 1.17 bits per heavy atom. The first-order chi connectivity index (χ1) is 5.77. The molecular formula is C10H17NO. The van der Waals surface area contributed by atoms with Gasteiger partial charge in [-0.25, -0.2) is 0 Å². The molecule has 0 unspecified atom stereocenters. The third-order valence-corrected chi connectivity index (χ3v) is 4.03. The third-order valence-electron chi connectivity index (χ3n) is 4.03. The Kier molecular flexibility index (Phi) is 1.37. The highest BCUT2D eigenvalue weighted by Crippen LogP contribution is 2.53. The van der Waals surface area contributed by atoms with Crippen molar-refractivity contribution in [3.05, 3.63) is 0 Å². The maximum absolute atomic E-state index is 9.20. The molecule has 3 aliphatic rings. The Morgan fingerprint density at radius 3 is 2.42 bits per heavy atom. The van der Waals surface area contributed by atoms with Gasteiger partial charge < -0.3 is 5.11 Å². The number of aliphatic hydroxyl groups excluding tert-OH is 1. The van der Waals surface area contributed by atoms with E-state index >= 15 is 0 Å². The molecule has 0 radical (unpaired) electrons. The molecule has 2 heteroatoms. The lowest BCUT2D eigenvalue weighted by atomic mass is 9.88. The van der Waals surface area contributed by atoms with Gasteiger partial charge in [0, 0.05) is 12.6 Å². The van der Waals surface area contributed by atoms with E-state index in [1.807, 2.05) is 0 Å². The van der Waals surface area contributed by atoms with Crippen LogP contribution in [0.15, 0.2) is 0 Å². The smallest absolute Gasteiger partial charge is 0.0570 e. The van der Waals surface area contributed by atoms with Crippen molar-refractivity contribution in [2.75, 3.05) is 13.1 Å². The molecule has 3 fully saturated rings. The molecule has 2 aliphatic carbocycles. The molecule has 12 heavy (non-hydrogen) atoms. The Morgan fingerprint density at radius 2 is 1.92 bits per heavy atom. The summed E-state index contributed by atoms with van der Waals surface area (Å²) in [5.41, 5.74) is 0.764. The minimum Gasteiger partial charge on any atom is -0.393 e. The first-order valence-corrected chi connectivity index (χ1v) is 5.20. The summed E-state index contributed by atoms with van der Waals surface area (Å²) >= 11 is 0. The van der Waals surface area contributed by atoms with Crippen LogP contribution in [-0.2, 0) is 0 Å². The number of hydrogen-bond donors (Lipinski definition) is 1. The van der Waals surface area contributed by atoms with Crippen molar-refractivity contribution in [2.24, 2.45) is 5.41 Å². The van der Waals surface area contributed by atoms with E-state index in [2.05, 4.69) is 4.90 Å². The summed E-state index contributed by atoms with van der Waals surface area (Å²) in [4.78, 5) is 2.61. The fraction of sp³-hybridized carbons (Fsp3) is 1.00. The lowest BCUT2D eigenvalue weighted by Gasteiger charge is -2.38. The highest BCUT2D eigenvalue weighted by atomic mass is 16.3. The Labute approximate surface area is 73.6 Å². The molecule has 2 nitrogen and oxygen atoms in total. The van der Waals surface area contributed by atoms with Crippen LogP contribution in [0.2, 0.25) is 0 Å². The van der Waals surface area contributed by atoms with Crippen LogP contribution in [-0.4, -0.2) is 35.2 Å². The van der Waals surface area contributed by atoms with E-state index in [0.29, 0.717) is 0 Å². The van der Waals surface area contributed by atoms with Crippen LogP contribution in [0.5, 0.6) is 0 Å². The Bertz CT molecular complexity index is 194. The number of hydrogen-bond acceptors (Lipinski definition) is 2. The number of nitrogens with zero attached hydrogens (tertiary/aromatic N) is 1. The molecule has 1 saturated heterocycles. The molecule has 1 aliphatic heterocycles. The fourth-order valence-electron chi connectivity index (χ4n) is 2.72. The van der Waals surface area contributed by atoms with Gasteiger partial charge in [0.15, 0.2) is 0 Å². The van der Waals surface area contributed by atoms with Gasteiger partial charge in [0.25, 0.3) is 0 Å². The monoisotopic (exact) mass is 167 g/mol. The summed E-state index contributed by atoms with van der Waals surface area (Å²) in [5.74, 6) is 0. The molecule has 3 rings (SSSR count). The van der Waals surface area contributed by atoms with Crippen LogP contribution in [0.25, 0.3) is 0 Å². The van der Waals surface area contributed by atoms with Gasteiger partial charge in [-0.15, -0.1) is 0 Å². The molecule has 0 aromatic carbocycles. The zero-order valence-electron chi connectivity index (χ0n) is 7.50. The zero-order valence-corrected chi connectivity index (χ0v) is 7.50. The van der Waals surface area contributed by atoms with Crippen molar-refractivity contribution < 1.29 is 5.11 Å². The van der Waals surface area contributed by atoms with Crippen LogP contribution >= 0.6 is 0 Å². The number of rotatable bonds is 1. The number of likely N-dealkylation sites (tertiary alicyclic amines) is 1. The van der Waals surface area contributed by atoms with E-state index in [1.165, 1.54) is 32.4 Å². The van der Waals surface area contributed by atoms with Gasteiger partial charge in [-0.05, 0) is 44.1 Å².